The van der Waals surface area contributed by atoms with E-state index in [-0.39, 0.29) is 5.91 Å². The quantitative estimate of drug-likeness (QED) is 0.607. The predicted molar refractivity (Wildman–Crippen MR) is 118 cm³/mol. The number of nitrogens with zero attached hydrogens (tertiary/aromatic N) is 1. The van der Waals surface area contributed by atoms with E-state index in [0.29, 0.717) is 16.1 Å². The Morgan fingerprint density at radius 1 is 1.00 bits per heavy atom. The molecule has 4 N–H and O–H groups in total. The van der Waals surface area contributed by atoms with Gasteiger partial charge in [0.2, 0.25) is 0 Å². The molecule has 4 rings (SSSR count). The summed E-state index contributed by atoms with van der Waals surface area (Å²) in [7, 11) is 0. The van der Waals surface area contributed by atoms with Gasteiger partial charge in [0, 0.05) is 43.0 Å². The molecule has 1 saturated heterocycles. The van der Waals surface area contributed by atoms with Crippen molar-refractivity contribution in [3.8, 4) is 11.1 Å². The van der Waals surface area contributed by atoms with Crippen LogP contribution in [0, 0.1) is 0 Å². The number of para-hydroxylation sites is 1. The van der Waals surface area contributed by atoms with Crippen molar-refractivity contribution in [2.24, 2.45) is 5.73 Å². The number of amides is 2. The van der Waals surface area contributed by atoms with Crippen LogP contribution in [0.4, 0.5) is 10.7 Å². The topological polar surface area (TPSA) is 87.5 Å². The first-order valence-corrected chi connectivity index (χ1v) is 10.4. The zero-order valence-corrected chi connectivity index (χ0v) is 16.7. The number of piperazine rings is 1. The van der Waals surface area contributed by atoms with Crippen LogP contribution in [0.1, 0.15) is 20.7 Å². The third-order valence-electron chi connectivity index (χ3n) is 4.98. The van der Waals surface area contributed by atoms with Gasteiger partial charge in [-0.25, -0.2) is 0 Å². The predicted octanol–water partition coefficient (Wildman–Crippen LogP) is 3.18. The molecule has 2 amide bonds. The second kappa shape index (κ2) is 8.46. The lowest BCUT2D eigenvalue weighted by Crippen LogP contribution is -2.43. The van der Waals surface area contributed by atoms with E-state index in [2.05, 4.69) is 33.7 Å². The first-order chi connectivity index (χ1) is 14.1. The summed E-state index contributed by atoms with van der Waals surface area (Å²) < 4.78 is 0. The number of rotatable bonds is 5. The van der Waals surface area contributed by atoms with Crippen molar-refractivity contribution in [3.05, 3.63) is 71.1 Å². The van der Waals surface area contributed by atoms with Gasteiger partial charge in [-0.15, -0.1) is 11.3 Å². The zero-order valence-electron chi connectivity index (χ0n) is 15.9. The molecular formula is C22H22N4O2S. The normalized spacial score (nSPS) is 13.9. The Balaban J connectivity index is 1.55. The van der Waals surface area contributed by atoms with Crippen LogP contribution in [0.3, 0.4) is 0 Å². The van der Waals surface area contributed by atoms with Crippen LogP contribution in [0.15, 0.2) is 60.0 Å². The third-order valence-corrected chi connectivity index (χ3v) is 5.81. The molecule has 0 radical (unpaired) electrons. The number of hydrogen-bond donors (Lipinski definition) is 3. The molecule has 1 aromatic heterocycles. The van der Waals surface area contributed by atoms with Crippen molar-refractivity contribution in [3.63, 3.8) is 0 Å². The molecule has 6 nitrogen and oxygen atoms in total. The maximum absolute atomic E-state index is 12.6. The summed E-state index contributed by atoms with van der Waals surface area (Å²) in [5.74, 6) is -0.821. The Bertz CT molecular complexity index is 1020. The number of nitrogens with two attached hydrogens (primary N) is 1. The molecule has 0 unspecified atom stereocenters. The van der Waals surface area contributed by atoms with Gasteiger partial charge in [-0.1, -0.05) is 30.3 Å². The fraction of sp³-hybridized carbons (Fsp3) is 0.182. The summed E-state index contributed by atoms with van der Waals surface area (Å²) in [6.45, 7) is 3.90. The molecular weight excluding hydrogens is 384 g/mol. The molecule has 2 heterocycles. The van der Waals surface area contributed by atoms with E-state index in [9.17, 15) is 9.59 Å². The van der Waals surface area contributed by atoms with Crippen LogP contribution in [0.5, 0.6) is 0 Å². The second-order valence-electron chi connectivity index (χ2n) is 6.81. The summed E-state index contributed by atoms with van der Waals surface area (Å²) >= 11 is 1.28. The minimum Gasteiger partial charge on any atom is -0.368 e. The number of carbonyl (C=O) groups excluding carboxylic acids is 2. The average molecular weight is 407 g/mol. The van der Waals surface area contributed by atoms with E-state index in [4.69, 9.17) is 5.73 Å². The second-order valence-corrected chi connectivity index (χ2v) is 7.73. The SMILES string of the molecule is NC(=O)c1ccsc1NC(=O)c1ccc(-c2ccccc2N2CCNCC2)cc1. The number of primary amides is 1. The minimum atomic E-state index is -0.554. The fourth-order valence-corrected chi connectivity index (χ4v) is 4.26. The van der Waals surface area contributed by atoms with Gasteiger partial charge >= 0.3 is 0 Å². The average Bonchev–Trinajstić information content (AvgIpc) is 3.23. The lowest BCUT2D eigenvalue weighted by molar-refractivity contribution is 0.100. The van der Waals surface area contributed by atoms with Gasteiger partial charge in [-0.3, -0.25) is 9.59 Å². The van der Waals surface area contributed by atoms with Gasteiger partial charge in [0.25, 0.3) is 11.8 Å². The molecule has 148 valence electrons. The molecule has 2 aromatic carbocycles. The maximum Gasteiger partial charge on any atom is 0.256 e. The molecule has 1 aliphatic rings. The Kier molecular flexibility index (Phi) is 5.59. The zero-order chi connectivity index (χ0) is 20.2. The summed E-state index contributed by atoms with van der Waals surface area (Å²) in [4.78, 5) is 26.4. The van der Waals surface area contributed by atoms with Gasteiger partial charge in [-0.2, -0.15) is 0 Å². The molecule has 0 saturated carbocycles. The molecule has 0 aliphatic carbocycles. The Morgan fingerprint density at radius 2 is 1.72 bits per heavy atom. The van der Waals surface area contributed by atoms with Crippen LogP contribution >= 0.6 is 11.3 Å². The van der Waals surface area contributed by atoms with Crippen molar-refractivity contribution in [2.75, 3.05) is 36.4 Å². The van der Waals surface area contributed by atoms with Crippen LogP contribution < -0.4 is 21.3 Å². The van der Waals surface area contributed by atoms with Crippen LogP contribution in [0.2, 0.25) is 0 Å². The van der Waals surface area contributed by atoms with E-state index in [1.807, 2.05) is 18.2 Å². The highest BCUT2D eigenvalue weighted by Crippen LogP contribution is 2.31. The monoisotopic (exact) mass is 406 g/mol. The Labute approximate surface area is 173 Å². The highest BCUT2D eigenvalue weighted by atomic mass is 32.1. The first-order valence-electron chi connectivity index (χ1n) is 9.47. The lowest BCUT2D eigenvalue weighted by atomic mass is 10.0. The number of benzene rings is 2. The minimum absolute atomic E-state index is 0.267. The number of thiophene rings is 1. The van der Waals surface area contributed by atoms with E-state index in [1.54, 1.807) is 23.6 Å². The van der Waals surface area contributed by atoms with Crippen molar-refractivity contribution < 1.29 is 9.59 Å². The number of anilines is 2. The molecule has 1 aliphatic heterocycles. The molecule has 7 heteroatoms. The van der Waals surface area contributed by atoms with Gasteiger partial charge in [0.1, 0.15) is 5.00 Å². The van der Waals surface area contributed by atoms with Crippen molar-refractivity contribution in [1.82, 2.24) is 5.32 Å². The molecule has 0 atom stereocenters. The van der Waals surface area contributed by atoms with E-state index in [1.165, 1.54) is 17.0 Å². The summed E-state index contributed by atoms with van der Waals surface area (Å²) in [6, 6.07) is 17.5. The third kappa shape index (κ3) is 4.16. The fourth-order valence-electron chi connectivity index (χ4n) is 3.48. The van der Waals surface area contributed by atoms with E-state index < -0.39 is 5.91 Å². The van der Waals surface area contributed by atoms with Gasteiger partial charge < -0.3 is 21.3 Å². The molecule has 0 spiro atoms. The first kappa shape index (κ1) is 19.2. The van der Waals surface area contributed by atoms with Crippen LogP contribution in [0.25, 0.3) is 11.1 Å². The number of carbonyl (C=O) groups is 2. The number of nitrogens with one attached hydrogen (secondary N) is 2. The van der Waals surface area contributed by atoms with Gasteiger partial charge in [-0.05, 0) is 35.2 Å². The Morgan fingerprint density at radius 3 is 2.45 bits per heavy atom. The highest BCUT2D eigenvalue weighted by molar-refractivity contribution is 7.14. The van der Waals surface area contributed by atoms with Crippen LogP contribution in [-0.4, -0.2) is 38.0 Å². The van der Waals surface area contributed by atoms with Crippen molar-refractivity contribution in [2.45, 2.75) is 0 Å². The van der Waals surface area contributed by atoms with Gasteiger partial charge in [0.15, 0.2) is 0 Å². The van der Waals surface area contributed by atoms with E-state index >= 15 is 0 Å². The smallest absolute Gasteiger partial charge is 0.256 e. The maximum atomic E-state index is 12.6. The van der Waals surface area contributed by atoms with E-state index in [0.717, 1.165) is 37.3 Å². The highest BCUT2D eigenvalue weighted by Gasteiger charge is 2.16. The summed E-state index contributed by atoms with van der Waals surface area (Å²) in [5, 5.41) is 8.35. The Hall–Kier alpha value is -3.16. The lowest BCUT2D eigenvalue weighted by Gasteiger charge is -2.31. The van der Waals surface area contributed by atoms with Crippen LogP contribution in [-0.2, 0) is 0 Å². The molecule has 1 fully saturated rings. The number of hydrogen-bond acceptors (Lipinski definition) is 5. The standard InChI is InChI=1S/C22H22N4O2S/c23-20(27)18-9-14-29-22(18)25-21(28)16-7-5-15(6-8-16)17-3-1-2-4-19(17)26-12-10-24-11-13-26/h1-9,14,24H,10-13H2,(H2,23,27)(H,25,28). The summed E-state index contributed by atoms with van der Waals surface area (Å²) in [6.07, 6.45) is 0. The summed E-state index contributed by atoms with van der Waals surface area (Å²) in [5.41, 5.74) is 9.60. The van der Waals surface area contributed by atoms with Gasteiger partial charge in [0.05, 0.1) is 5.56 Å². The van der Waals surface area contributed by atoms with Crippen molar-refractivity contribution in [1.29, 1.82) is 0 Å². The molecule has 3 aromatic rings. The molecule has 29 heavy (non-hydrogen) atoms. The van der Waals surface area contributed by atoms with Crippen molar-refractivity contribution >= 4 is 33.8 Å². The molecule has 0 bridgehead atoms. The largest absolute Gasteiger partial charge is 0.368 e.